The van der Waals surface area contributed by atoms with Gasteiger partial charge in [-0.3, -0.25) is 4.79 Å². The van der Waals surface area contributed by atoms with Gasteiger partial charge in [0.25, 0.3) is 5.91 Å². The highest BCUT2D eigenvalue weighted by atomic mass is 79.9. The summed E-state index contributed by atoms with van der Waals surface area (Å²) in [5.74, 6) is 0.173. The van der Waals surface area contributed by atoms with Gasteiger partial charge in [-0.1, -0.05) is 85.3 Å². The van der Waals surface area contributed by atoms with Gasteiger partial charge < -0.3 is 26.8 Å². The van der Waals surface area contributed by atoms with Gasteiger partial charge in [0.2, 0.25) is 6.33 Å². The minimum Gasteiger partial charge on any atom is -1.00 e. The molecule has 2 atom stereocenters. The molecule has 0 saturated carbocycles. The fourth-order valence-corrected chi connectivity index (χ4v) is 7.20. The molecule has 0 aliphatic carbocycles. The molecule has 1 fully saturated rings. The average molecular weight is 636 g/mol. The number of nitrogens with zero attached hydrogens (tertiary/aromatic N) is 4. The number of carbonyl (C=O) groups excluding carboxylic acids is 1. The highest BCUT2D eigenvalue weighted by molar-refractivity contribution is 5.82. The molecule has 2 aliphatic rings. The van der Waals surface area contributed by atoms with Crippen LogP contribution in [-0.4, -0.2) is 28.1 Å². The van der Waals surface area contributed by atoms with Gasteiger partial charge in [0.05, 0.1) is 0 Å². The van der Waals surface area contributed by atoms with Crippen LogP contribution in [-0.2, 0) is 29.8 Å². The van der Waals surface area contributed by atoms with Crippen LogP contribution in [0.5, 0.6) is 0 Å². The molecule has 5 aromatic rings. The lowest BCUT2D eigenvalue weighted by Gasteiger charge is -2.36. The maximum absolute atomic E-state index is 14.3. The molecule has 0 spiro atoms. The van der Waals surface area contributed by atoms with Gasteiger partial charge in [0, 0.05) is 24.2 Å². The summed E-state index contributed by atoms with van der Waals surface area (Å²) in [5, 5.41) is 0. The molecule has 43 heavy (non-hydrogen) atoms. The molecule has 4 aromatic carbocycles. The molecule has 0 bridgehead atoms. The number of anilines is 1. The van der Waals surface area contributed by atoms with Gasteiger partial charge in [-0.25, -0.2) is 9.13 Å². The van der Waals surface area contributed by atoms with Crippen molar-refractivity contribution >= 4 is 22.6 Å². The Balaban J connectivity index is 0.00000329. The van der Waals surface area contributed by atoms with E-state index in [1.54, 1.807) is 0 Å². The summed E-state index contributed by atoms with van der Waals surface area (Å²) >= 11 is 0. The smallest absolute Gasteiger partial charge is 0.266 e. The van der Waals surface area contributed by atoms with Crippen LogP contribution in [0.4, 0.5) is 5.69 Å². The summed E-state index contributed by atoms with van der Waals surface area (Å²) in [6.07, 6.45) is 3.10. The van der Waals surface area contributed by atoms with Crippen LogP contribution in [0.1, 0.15) is 46.7 Å². The Kier molecular flexibility index (Phi) is 7.67. The number of benzene rings is 4. The van der Waals surface area contributed by atoms with Crippen molar-refractivity contribution in [3.05, 3.63) is 131 Å². The van der Waals surface area contributed by atoms with Gasteiger partial charge in [0.15, 0.2) is 17.6 Å². The zero-order chi connectivity index (χ0) is 29.0. The van der Waals surface area contributed by atoms with Gasteiger partial charge in [-0.15, -0.1) is 0 Å². The van der Waals surface area contributed by atoms with Gasteiger partial charge in [-0.2, -0.15) is 0 Å². The summed E-state index contributed by atoms with van der Waals surface area (Å²) in [6.45, 7) is 11.4. The number of imidazole rings is 1. The van der Waals surface area contributed by atoms with Crippen molar-refractivity contribution in [1.29, 1.82) is 0 Å². The maximum atomic E-state index is 14.3. The Morgan fingerprint density at radius 2 is 1.58 bits per heavy atom. The molecular formula is C37H39BrN4O. The van der Waals surface area contributed by atoms with Crippen molar-refractivity contribution in [1.82, 2.24) is 9.47 Å². The first-order valence-electron chi connectivity index (χ1n) is 15.1. The summed E-state index contributed by atoms with van der Waals surface area (Å²) < 4.78 is 4.46. The normalized spacial score (nSPS) is 18.9. The van der Waals surface area contributed by atoms with Gasteiger partial charge in [-0.05, 0) is 73.2 Å². The zero-order valence-electron chi connectivity index (χ0n) is 25.4. The average Bonchev–Trinajstić information content (AvgIpc) is 3.58. The summed E-state index contributed by atoms with van der Waals surface area (Å²) in [4.78, 5) is 18.9. The number of hydrogen-bond acceptors (Lipinski definition) is 2. The van der Waals surface area contributed by atoms with E-state index in [4.69, 9.17) is 0 Å². The molecule has 0 N–H and O–H groups in total. The molecule has 220 valence electrons. The quantitative estimate of drug-likeness (QED) is 0.268. The van der Waals surface area contributed by atoms with E-state index in [2.05, 4.69) is 144 Å². The third kappa shape index (κ3) is 5.06. The molecular weight excluding hydrogens is 596 g/mol. The summed E-state index contributed by atoms with van der Waals surface area (Å²) in [5.41, 5.74) is 11.1. The first-order chi connectivity index (χ1) is 20.3. The lowest BCUT2D eigenvalue weighted by atomic mass is 9.81. The number of aromatic nitrogens is 2. The molecule has 2 unspecified atom stereocenters. The third-order valence-electron chi connectivity index (χ3n) is 9.64. The number of carbonyl (C=O) groups is 1. The van der Waals surface area contributed by atoms with Crippen LogP contribution in [0.3, 0.4) is 0 Å². The molecule has 1 saturated heterocycles. The molecule has 2 aliphatic heterocycles. The van der Waals surface area contributed by atoms with E-state index in [1.165, 1.54) is 39.1 Å². The largest absolute Gasteiger partial charge is 1.00 e. The van der Waals surface area contributed by atoms with E-state index in [0.29, 0.717) is 6.54 Å². The highest BCUT2D eigenvalue weighted by Gasteiger charge is 2.55. The van der Waals surface area contributed by atoms with E-state index in [-0.39, 0.29) is 34.5 Å². The molecule has 7 rings (SSSR count). The van der Waals surface area contributed by atoms with E-state index in [0.717, 1.165) is 37.1 Å². The second-order valence-corrected chi connectivity index (χ2v) is 12.5. The van der Waals surface area contributed by atoms with Crippen LogP contribution in [0.2, 0.25) is 0 Å². The minimum atomic E-state index is -0.0984. The van der Waals surface area contributed by atoms with Crippen LogP contribution in [0, 0.1) is 20.8 Å². The monoisotopic (exact) mass is 634 g/mol. The van der Waals surface area contributed by atoms with Crippen molar-refractivity contribution in [3.63, 3.8) is 0 Å². The topological polar surface area (TPSA) is 32.4 Å². The standard InChI is InChI=1S/C37H39N4O.BrH/c1-26-14-16-30(17-15-26)22-38-25-39(34-21-28(3)27(2)20-33(34)38)24-35(42)40-19-18-37(4)31-12-8-9-13-32(31)41(36(37)40)23-29-10-6-5-7-11-29;/h5-17,20-21,25,36H,18-19,22-24H2,1-4H3;1H/q+1;/p-1. The van der Waals surface area contributed by atoms with Crippen molar-refractivity contribution in [2.75, 3.05) is 11.4 Å². The maximum Gasteiger partial charge on any atom is 0.266 e. The molecule has 1 amide bonds. The minimum absolute atomic E-state index is 0. The summed E-state index contributed by atoms with van der Waals surface area (Å²) in [6, 6.07) is 32.6. The van der Waals surface area contributed by atoms with Crippen LogP contribution >= 0.6 is 0 Å². The summed E-state index contributed by atoms with van der Waals surface area (Å²) in [7, 11) is 0. The van der Waals surface area contributed by atoms with Crippen LogP contribution < -0.4 is 26.4 Å². The molecule has 1 aromatic heterocycles. The number of para-hydroxylation sites is 1. The van der Waals surface area contributed by atoms with Crippen molar-refractivity contribution in [2.45, 2.75) is 65.3 Å². The van der Waals surface area contributed by atoms with Crippen LogP contribution in [0.25, 0.3) is 11.0 Å². The fourth-order valence-electron chi connectivity index (χ4n) is 7.20. The number of fused-ring (bicyclic) bond motifs is 4. The van der Waals surface area contributed by atoms with Crippen molar-refractivity contribution in [2.24, 2.45) is 0 Å². The number of hydrogen-bond donors (Lipinski definition) is 0. The predicted molar refractivity (Wildman–Crippen MR) is 168 cm³/mol. The number of halogens is 1. The van der Waals surface area contributed by atoms with Gasteiger partial charge in [0.1, 0.15) is 12.7 Å². The third-order valence-corrected chi connectivity index (χ3v) is 9.64. The Labute approximate surface area is 265 Å². The fraction of sp³-hybridized carbons (Fsp3) is 0.297. The van der Waals surface area contributed by atoms with Crippen molar-refractivity contribution < 1.29 is 26.3 Å². The van der Waals surface area contributed by atoms with E-state index >= 15 is 0 Å². The van der Waals surface area contributed by atoms with Gasteiger partial charge >= 0.3 is 0 Å². The molecule has 3 heterocycles. The predicted octanol–water partition coefficient (Wildman–Crippen LogP) is 3.44. The second kappa shape index (κ2) is 11.3. The zero-order valence-corrected chi connectivity index (χ0v) is 27.0. The lowest BCUT2D eigenvalue weighted by Crippen LogP contribution is -3.00. The van der Waals surface area contributed by atoms with Crippen molar-refractivity contribution in [3.8, 4) is 0 Å². The Bertz CT molecular complexity index is 1800. The van der Waals surface area contributed by atoms with E-state index < -0.39 is 0 Å². The first-order valence-corrected chi connectivity index (χ1v) is 15.1. The Hall–Kier alpha value is -3.90. The molecule has 6 heteroatoms. The second-order valence-electron chi connectivity index (χ2n) is 12.5. The van der Waals surface area contributed by atoms with Crippen LogP contribution in [0.15, 0.2) is 97.3 Å². The van der Waals surface area contributed by atoms with E-state index in [1.807, 2.05) is 0 Å². The van der Waals surface area contributed by atoms with E-state index in [9.17, 15) is 4.79 Å². The Morgan fingerprint density at radius 3 is 2.35 bits per heavy atom. The number of likely N-dealkylation sites (tertiary alicyclic amines) is 1. The number of aryl methyl sites for hydroxylation is 3. The Morgan fingerprint density at radius 1 is 0.884 bits per heavy atom. The lowest BCUT2D eigenvalue weighted by molar-refractivity contribution is -0.663. The number of rotatable bonds is 6. The highest BCUT2D eigenvalue weighted by Crippen LogP contribution is 2.52. The SMILES string of the molecule is Cc1ccc(C[n+]2cn(CC(=O)N3CCC4(C)c5ccccc5N(Cc5ccccc5)C34)c3cc(C)c(C)cc32)cc1.[Br-]. The molecule has 5 nitrogen and oxygen atoms in total. The first kappa shape index (κ1) is 29.2. The molecule has 0 radical (unpaired) electrons. The number of amides is 1.